The second-order valence-electron chi connectivity index (χ2n) is 5.80. The minimum absolute atomic E-state index is 0.162. The minimum atomic E-state index is -3.20. The van der Waals surface area contributed by atoms with Gasteiger partial charge in [-0.05, 0) is 41.3 Å². The molecule has 124 valence electrons. The van der Waals surface area contributed by atoms with E-state index >= 15 is 0 Å². The first kappa shape index (κ1) is 16.3. The van der Waals surface area contributed by atoms with Gasteiger partial charge in [0.1, 0.15) is 0 Å². The molecule has 1 N–H and O–H groups in total. The lowest BCUT2D eigenvalue weighted by Crippen LogP contribution is -2.22. The van der Waals surface area contributed by atoms with Crippen LogP contribution in [0.2, 0.25) is 0 Å². The molecule has 3 rings (SSSR count). The standard InChI is InChI=1S/C18H18N2O3S/c1-20-10-9-14-5-6-15(11-17(14)20)18(21)19-12-13-3-7-16(8-4-13)24(2,22)23/h3-11H,12H2,1-2H3,(H,19,21). The third-order valence-corrected chi connectivity index (χ3v) is 5.08. The van der Waals surface area contributed by atoms with E-state index in [0.717, 1.165) is 16.5 Å². The van der Waals surface area contributed by atoms with Crippen molar-refractivity contribution in [1.29, 1.82) is 0 Å². The van der Waals surface area contributed by atoms with Crippen LogP contribution < -0.4 is 5.32 Å². The Balaban J connectivity index is 1.71. The van der Waals surface area contributed by atoms with Crippen molar-refractivity contribution >= 4 is 26.6 Å². The zero-order valence-electron chi connectivity index (χ0n) is 13.5. The summed E-state index contributed by atoms with van der Waals surface area (Å²) >= 11 is 0. The Morgan fingerprint density at radius 2 is 1.79 bits per heavy atom. The van der Waals surface area contributed by atoms with Crippen molar-refractivity contribution in [3.63, 3.8) is 0 Å². The largest absolute Gasteiger partial charge is 0.351 e. The van der Waals surface area contributed by atoms with E-state index in [-0.39, 0.29) is 10.8 Å². The summed E-state index contributed by atoms with van der Waals surface area (Å²) in [7, 11) is -1.27. The van der Waals surface area contributed by atoms with Gasteiger partial charge in [-0.3, -0.25) is 4.79 Å². The number of carbonyl (C=O) groups is 1. The zero-order chi connectivity index (χ0) is 17.3. The van der Waals surface area contributed by atoms with Crippen molar-refractivity contribution in [2.24, 2.45) is 7.05 Å². The van der Waals surface area contributed by atoms with Gasteiger partial charge in [0.05, 0.1) is 4.90 Å². The number of aryl methyl sites for hydroxylation is 1. The highest BCUT2D eigenvalue weighted by atomic mass is 32.2. The summed E-state index contributed by atoms with van der Waals surface area (Å²) in [5, 5.41) is 3.94. The second kappa shape index (κ2) is 6.13. The van der Waals surface area contributed by atoms with E-state index in [0.29, 0.717) is 12.1 Å². The fourth-order valence-corrected chi connectivity index (χ4v) is 3.17. The fraction of sp³-hybridized carbons (Fsp3) is 0.167. The molecule has 6 heteroatoms. The molecule has 0 aliphatic heterocycles. The van der Waals surface area contributed by atoms with Crippen molar-refractivity contribution < 1.29 is 13.2 Å². The summed E-state index contributed by atoms with van der Waals surface area (Å²) < 4.78 is 24.8. The van der Waals surface area contributed by atoms with Gasteiger partial charge in [-0.2, -0.15) is 0 Å². The van der Waals surface area contributed by atoms with Crippen LogP contribution in [0.1, 0.15) is 15.9 Å². The van der Waals surface area contributed by atoms with Crippen molar-refractivity contribution in [2.75, 3.05) is 6.26 Å². The Labute approximate surface area is 140 Å². The number of benzene rings is 2. The van der Waals surface area contributed by atoms with Crippen molar-refractivity contribution in [2.45, 2.75) is 11.4 Å². The summed E-state index contributed by atoms with van der Waals surface area (Å²) in [5.74, 6) is -0.162. The molecule has 5 nitrogen and oxygen atoms in total. The molecule has 1 amide bonds. The van der Waals surface area contributed by atoms with Gasteiger partial charge in [-0.1, -0.05) is 18.2 Å². The van der Waals surface area contributed by atoms with Crippen LogP contribution in [0.15, 0.2) is 59.6 Å². The molecular formula is C18H18N2O3S. The van der Waals surface area contributed by atoms with Crippen molar-refractivity contribution in [3.05, 3.63) is 65.9 Å². The van der Waals surface area contributed by atoms with Crippen molar-refractivity contribution in [1.82, 2.24) is 9.88 Å². The molecule has 0 saturated carbocycles. The number of amides is 1. The molecule has 0 saturated heterocycles. The predicted octanol–water partition coefficient (Wildman–Crippen LogP) is 2.51. The molecule has 1 heterocycles. The molecule has 0 aliphatic carbocycles. The molecule has 24 heavy (non-hydrogen) atoms. The third kappa shape index (κ3) is 3.33. The minimum Gasteiger partial charge on any atom is -0.351 e. The predicted molar refractivity (Wildman–Crippen MR) is 93.6 cm³/mol. The van der Waals surface area contributed by atoms with Gasteiger partial charge in [0, 0.05) is 37.1 Å². The molecule has 1 aromatic heterocycles. The maximum absolute atomic E-state index is 12.3. The van der Waals surface area contributed by atoms with Gasteiger partial charge < -0.3 is 9.88 Å². The number of carbonyl (C=O) groups excluding carboxylic acids is 1. The summed E-state index contributed by atoms with van der Waals surface area (Å²) in [5.41, 5.74) is 2.44. The van der Waals surface area contributed by atoms with E-state index in [4.69, 9.17) is 0 Å². The van der Waals surface area contributed by atoms with Crippen LogP contribution in [-0.2, 0) is 23.4 Å². The Morgan fingerprint density at radius 1 is 1.08 bits per heavy atom. The highest BCUT2D eigenvalue weighted by Crippen LogP contribution is 2.17. The molecule has 3 aromatic rings. The van der Waals surface area contributed by atoms with E-state index in [1.807, 2.05) is 36.0 Å². The monoisotopic (exact) mass is 342 g/mol. The first-order valence-electron chi connectivity index (χ1n) is 7.47. The fourth-order valence-electron chi connectivity index (χ4n) is 2.54. The van der Waals surface area contributed by atoms with Gasteiger partial charge in [0.2, 0.25) is 0 Å². The summed E-state index contributed by atoms with van der Waals surface area (Å²) in [6, 6.07) is 14.1. The van der Waals surface area contributed by atoms with Gasteiger partial charge >= 0.3 is 0 Å². The molecule has 0 spiro atoms. The number of rotatable bonds is 4. The van der Waals surface area contributed by atoms with E-state index in [1.54, 1.807) is 30.3 Å². The smallest absolute Gasteiger partial charge is 0.251 e. The van der Waals surface area contributed by atoms with Gasteiger partial charge in [-0.15, -0.1) is 0 Å². The zero-order valence-corrected chi connectivity index (χ0v) is 14.3. The maximum atomic E-state index is 12.3. The second-order valence-corrected chi connectivity index (χ2v) is 7.81. The highest BCUT2D eigenvalue weighted by molar-refractivity contribution is 7.90. The number of hydrogen-bond acceptors (Lipinski definition) is 3. The topological polar surface area (TPSA) is 68.2 Å². The Hall–Kier alpha value is -2.60. The first-order valence-corrected chi connectivity index (χ1v) is 9.36. The average Bonchev–Trinajstić information content (AvgIpc) is 2.93. The molecule has 0 fully saturated rings. The van der Waals surface area contributed by atoms with Crippen LogP contribution >= 0.6 is 0 Å². The number of nitrogens with zero attached hydrogens (tertiary/aromatic N) is 1. The molecule has 0 unspecified atom stereocenters. The van der Waals surface area contributed by atoms with E-state index in [9.17, 15) is 13.2 Å². The van der Waals surface area contributed by atoms with Gasteiger partial charge in [0.15, 0.2) is 9.84 Å². The molecular weight excluding hydrogens is 324 g/mol. The first-order chi connectivity index (χ1) is 11.3. The van der Waals surface area contributed by atoms with Crippen LogP contribution in [0.3, 0.4) is 0 Å². The quantitative estimate of drug-likeness (QED) is 0.792. The summed E-state index contributed by atoms with van der Waals surface area (Å²) in [6.07, 6.45) is 3.12. The molecule has 2 aromatic carbocycles. The lowest BCUT2D eigenvalue weighted by atomic mass is 10.1. The summed E-state index contributed by atoms with van der Waals surface area (Å²) in [4.78, 5) is 12.6. The Bertz CT molecular complexity index is 1000. The lowest BCUT2D eigenvalue weighted by Gasteiger charge is -2.07. The third-order valence-electron chi connectivity index (χ3n) is 3.95. The SMILES string of the molecule is Cn1ccc2ccc(C(=O)NCc3ccc(S(C)(=O)=O)cc3)cc21. The molecule has 0 atom stereocenters. The highest BCUT2D eigenvalue weighted by Gasteiger charge is 2.09. The summed E-state index contributed by atoms with van der Waals surface area (Å²) in [6.45, 7) is 0.341. The molecule has 0 aliphatic rings. The molecule has 0 bridgehead atoms. The Morgan fingerprint density at radius 3 is 2.46 bits per heavy atom. The number of sulfone groups is 1. The maximum Gasteiger partial charge on any atom is 0.251 e. The van der Waals surface area contributed by atoms with E-state index in [2.05, 4.69) is 5.32 Å². The number of fused-ring (bicyclic) bond motifs is 1. The molecule has 0 radical (unpaired) electrons. The van der Waals surface area contributed by atoms with Gasteiger partial charge in [-0.25, -0.2) is 8.42 Å². The van der Waals surface area contributed by atoms with Crippen LogP contribution in [0, 0.1) is 0 Å². The average molecular weight is 342 g/mol. The van der Waals surface area contributed by atoms with Crippen LogP contribution in [0.25, 0.3) is 10.9 Å². The van der Waals surface area contributed by atoms with Gasteiger partial charge in [0.25, 0.3) is 5.91 Å². The normalized spacial score (nSPS) is 11.6. The van der Waals surface area contributed by atoms with Crippen molar-refractivity contribution in [3.8, 4) is 0 Å². The van der Waals surface area contributed by atoms with Crippen LogP contribution in [0.4, 0.5) is 0 Å². The Kier molecular flexibility index (Phi) is 4.15. The van der Waals surface area contributed by atoms with E-state index < -0.39 is 9.84 Å². The number of nitrogens with one attached hydrogen (secondary N) is 1. The van der Waals surface area contributed by atoms with Crippen LogP contribution in [0.5, 0.6) is 0 Å². The van der Waals surface area contributed by atoms with E-state index in [1.165, 1.54) is 6.26 Å². The lowest BCUT2D eigenvalue weighted by molar-refractivity contribution is 0.0951. The number of hydrogen-bond donors (Lipinski definition) is 1. The van der Waals surface area contributed by atoms with Crippen LogP contribution in [-0.4, -0.2) is 25.1 Å². The number of aromatic nitrogens is 1.